The molecule has 0 spiro atoms. The zero-order valence-electron chi connectivity index (χ0n) is 22.1. The summed E-state index contributed by atoms with van der Waals surface area (Å²) in [6, 6.07) is 0. The Hall–Kier alpha value is -1.13. The first-order valence-corrected chi connectivity index (χ1v) is 15.0. The lowest BCUT2D eigenvalue weighted by atomic mass is 9.61. The number of aliphatic hydroxyl groups excluding tert-OH is 1. The molecule has 4 aliphatic carbocycles. The van der Waals surface area contributed by atoms with Gasteiger partial charge in [0.05, 0.1) is 15.6 Å². The van der Waals surface area contributed by atoms with Crippen LogP contribution in [0.2, 0.25) is 0 Å². The molecule has 0 aliphatic heterocycles. The fourth-order valence-electron chi connectivity index (χ4n) is 7.26. The van der Waals surface area contributed by atoms with Crippen molar-refractivity contribution in [2.24, 2.45) is 23.2 Å². The van der Waals surface area contributed by atoms with Crippen molar-refractivity contribution in [2.45, 2.75) is 114 Å². The lowest BCUT2D eigenvalue weighted by molar-refractivity contribution is 0.112. The molecule has 3 nitrogen and oxygen atoms in total. The third-order valence-electron chi connectivity index (χ3n) is 9.65. The lowest BCUT2D eigenvalue weighted by Gasteiger charge is -2.44. The predicted molar refractivity (Wildman–Crippen MR) is 142 cm³/mol. The minimum atomic E-state index is -3.19. The molecular formula is C30H46O3S. The quantitative estimate of drug-likeness (QED) is 0.422. The maximum atomic E-state index is 13.2. The van der Waals surface area contributed by atoms with E-state index in [0.717, 1.165) is 32.1 Å². The lowest BCUT2D eigenvalue weighted by Crippen LogP contribution is -2.38. The van der Waals surface area contributed by atoms with Crippen LogP contribution in [0.1, 0.15) is 98.8 Å². The third kappa shape index (κ3) is 4.54. The van der Waals surface area contributed by atoms with Crippen molar-refractivity contribution in [3.8, 4) is 0 Å². The number of rotatable bonds is 5. The third-order valence-corrected chi connectivity index (χ3v) is 12.9. The van der Waals surface area contributed by atoms with Crippen molar-refractivity contribution in [3.05, 3.63) is 47.6 Å². The number of hydrogen-bond donors (Lipinski definition) is 1. The molecule has 0 aromatic rings. The maximum absolute atomic E-state index is 13.2. The van der Waals surface area contributed by atoms with E-state index in [2.05, 4.69) is 44.7 Å². The van der Waals surface area contributed by atoms with E-state index in [0.29, 0.717) is 17.8 Å². The second kappa shape index (κ2) is 9.07. The van der Waals surface area contributed by atoms with Gasteiger partial charge in [-0.3, -0.25) is 0 Å². The van der Waals surface area contributed by atoms with Gasteiger partial charge >= 0.3 is 0 Å². The first-order chi connectivity index (χ1) is 15.8. The molecule has 4 rings (SSSR count). The summed E-state index contributed by atoms with van der Waals surface area (Å²) in [6.45, 7) is 14.5. The molecule has 4 saturated carbocycles. The Morgan fingerprint density at radius 1 is 1.09 bits per heavy atom. The van der Waals surface area contributed by atoms with Crippen molar-refractivity contribution in [1.82, 2.24) is 0 Å². The molecule has 4 heteroatoms. The number of fused-ring (bicyclic) bond motifs is 1. The summed E-state index contributed by atoms with van der Waals surface area (Å²) in [5.74, 6) is 1.58. The monoisotopic (exact) mass is 486 g/mol. The highest BCUT2D eigenvalue weighted by Gasteiger charge is 2.57. The second-order valence-electron chi connectivity index (χ2n) is 12.9. The van der Waals surface area contributed by atoms with E-state index in [1.807, 2.05) is 20.8 Å². The normalized spacial score (nSPS) is 37.4. The Morgan fingerprint density at radius 2 is 1.79 bits per heavy atom. The van der Waals surface area contributed by atoms with E-state index in [-0.39, 0.29) is 11.5 Å². The van der Waals surface area contributed by atoms with Gasteiger partial charge in [0.25, 0.3) is 0 Å². The first kappa shape index (κ1) is 25.9. The highest BCUT2D eigenvalue weighted by Crippen LogP contribution is 2.60. The average molecular weight is 487 g/mol. The Balaban J connectivity index is 1.51. The molecular weight excluding hydrogens is 440 g/mol. The van der Waals surface area contributed by atoms with E-state index in [1.54, 1.807) is 5.57 Å². The Bertz CT molecular complexity index is 1000. The van der Waals surface area contributed by atoms with Crippen LogP contribution in [-0.2, 0) is 9.84 Å². The maximum Gasteiger partial charge on any atom is 0.164 e. The molecule has 0 saturated heterocycles. The summed E-state index contributed by atoms with van der Waals surface area (Å²) in [5.41, 5.74) is 4.25. The Morgan fingerprint density at radius 3 is 2.44 bits per heavy atom. The van der Waals surface area contributed by atoms with E-state index in [1.165, 1.54) is 43.3 Å². The van der Waals surface area contributed by atoms with Gasteiger partial charge in [-0.2, -0.15) is 0 Å². The largest absolute Gasteiger partial charge is 0.393 e. The van der Waals surface area contributed by atoms with Crippen LogP contribution in [0, 0.1) is 23.2 Å². The van der Waals surface area contributed by atoms with Crippen LogP contribution in [0.3, 0.4) is 0 Å². The van der Waals surface area contributed by atoms with E-state index in [9.17, 15) is 13.5 Å². The summed E-state index contributed by atoms with van der Waals surface area (Å²) in [7, 11) is -3.19. The molecule has 0 aromatic carbocycles. The molecule has 190 valence electrons. The smallest absolute Gasteiger partial charge is 0.164 e. The van der Waals surface area contributed by atoms with Crippen LogP contribution < -0.4 is 0 Å². The summed E-state index contributed by atoms with van der Waals surface area (Å²) in [6.07, 6.45) is 18.8. The van der Waals surface area contributed by atoms with Gasteiger partial charge in [0, 0.05) is 0 Å². The molecule has 34 heavy (non-hydrogen) atoms. The summed E-state index contributed by atoms with van der Waals surface area (Å²) < 4.78 is 25.0. The zero-order valence-corrected chi connectivity index (χ0v) is 22.9. The van der Waals surface area contributed by atoms with E-state index >= 15 is 0 Å². The van der Waals surface area contributed by atoms with Crippen LogP contribution in [0.5, 0.6) is 0 Å². The number of sulfone groups is 1. The SMILES string of the molecule is C=C1CCC(O)CC1=CC=C1CCCC2(C)C1CCC2C(C)C=CC1(S(=O)(=O)C(C)(C)C)CC1. The molecule has 0 aromatic heterocycles. The number of hydrogen-bond acceptors (Lipinski definition) is 3. The fourth-order valence-corrected chi connectivity index (χ4v) is 9.37. The minimum absolute atomic E-state index is 0.230. The predicted octanol–water partition coefficient (Wildman–Crippen LogP) is 7.09. The van der Waals surface area contributed by atoms with Gasteiger partial charge in [0.1, 0.15) is 0 Å². The van der Waals surface area contributed by atoms with Crippen LogP contribution in [-0.4, -0.2) is 29.1 Å². The van der Waals surface area contributed by atoms with Crippen LogP contribution in [0.15, 0.2) is 47.6 Å². The molecule has 0 radical (unpaired) electrons. The van der Waals surface area contributed by atoms with Crippen molar-refractivity contribution in [3.63, 3.8) is 0 Å². The molecule has 4 fully saturated rings. The van der Waals surface area contributed by atoms with Crippen LogP contribution in [0.4, 0.5) is 0 Å². The molecule has 0 heterocycles. The first-order valence-electron chi connectivity index (χ1n) is 13.5. The van der Waals surface area contributed by atoms with Gasteiger partial charge in [-0.05, 0) is 114 Å². The molecule has 0 amide bonds. The number of aliphatic hydroxyl groups is 1. The summed E-state index contributed by atoms with van der Waals surface area (Å²) >= 11 is 0. The van der Waals surface area contributed by atoms with Crippen LogP contribution >= 0.6 is 0 Å². The summed E-state index contributed by atoms with van der Waals surface area (Å²) in [4.78, 5) is 0. The molecule has 0 bridgehead atoms. The fraction of sp³-hybridized carbons (Fsp3) is 0.733. The van der Waals surface area contributed by atoms with Crippen molar-refractivity contribution in [1.29, 1.82) is 0 Å². The Labute approximate surface area is 208 Å². The standard InChI is InChI=1S/C30H46O3S/c1-21-9-12-25(31)20-24(21)11-10-23-8-7-16-29(6)26(13-14-27(23)29)22(2)15-17-30(18-19-30)34(32,33)28(3,4)5/h10-11,15,17,22,25-27,31H,1,7-9,12-14,16,18-20H2,2-6H3. The van der Waals surface area contributed by atoms with Crippen LogP contribution in [0.25, 0.3) is 0 Å². The topological polar surface area (TPSA) is 54.4 Å². The van der Waals surface area contributed by atoms with Crippen molar-refractivity contribution in [2.75, 3.05) is 0 Å². The average Bonchev–Trinajstić information content (AvgIpc) is 3.47. The van der Waals surface area contributed by atoms with E-state index < -0.39 is 19.3 Å². The molecule has 4 aliphatic rings. The molecule has 5 unspecified atom stereocenters. The highest BCUT2D eigenvalue weighted by molar-refractivity contribution is 7.94. The van der Waals surface area contributed by atoms with Gasteiger partial charge in [-0.1, -0.05) is 55.9 Å². The van der Waals surface area contributed by atoms with Gasteiger partial charge in [0.2, 0.25) is 0 Å². The van der Waals surface area contributed by atoms with Crippen molar-refractivity contribution >= 4 is 9.84 Å². The second-order valence-corrected chi connectivity index (χ2v) is 16.0. The van der Waals surface area contributed by atoms with Crippen molar-refractivity contribution < 1.29 is 13.5 Å². The molecule has 5 atom stereocenters. The summed E-state index contributed by atoms with van der Waals surface area (Å²) in [5, 5.41) is 10.1. The van der Waals surface area contributed by atoms with Gasteiger partial charge in [0.15, 0.2) is 9.84 Å². The zero-order chi connectivity index (χ0) is 24.9. The van der Waals surface area contributed by atoms with Gasteiger partial charge in [-0.15, -0.1) is 0 Å². The molecule has 1 N–H and O–H groups in total. The van der Waals surface area contributed by atoms with E-state index in [4.69, 9.17) is 0 Å². The minimum Gasteiger partial charge on any atom is -0.393 e. The highest BCUT2D eigenvalue weighted by atomic mass is 32.2. The Kier molecular flexibility index (Phi) is 6.92. The van der Waals surface area contributed by atoms with Gasteiger partial charge < -0.3 is 5.11 Å². The number of allylic oxidation sites excluding steroid dienone is 5. The van der Waals surface area contributed by atoms with Gasteiger partial charge in [-0.25, -0.2) is 8.42 Å².